The summed E-state index contributed by atoms with van der Waals surface area (Å²) in [6.45, 7) is 7.62. The Labute approximate surface area is 128 Å². The fraction of sp³-hybridized carbons (Fsp3) is 0.647. The molecule has 0 amide bonds. The zero-order valence-corrected chi connectivity index (χ0v) is 13.7. The van der Waals surface area contributed by atoms with E-state index in [1.165, 1.54) is 0 Å². The zero-order valence-electron chi connectivity index (χ0n) is 13.7. The number of rotatable bonds is 5. The second-order valence-electron chi connectivity index (χ2n) is 5.96. The van der Waals surface area contributed by atoms with E-state index in [1.54, 1.807) is 6.07 Å². The summed E-state index contributed by atoms with van der Waals surface area (Å²) in [6.07, 6.45) is 2.29. The van der Waals surface area contributed by atoms with Crippen LogP contribution in [0.3, 0.4) is 0 Å². The third-order valence-corrected chi connectivity index (χ3v) is 4.83. The smallest absolute Gasteiger partial charge is 0.130 e. The Hall–Kier alpha value is -1.13. The molecule has 1 fully saturated rings. The summed E-state index contributed by atoms with van der Waals surface area (Å²) in [6, 6.07) is 5.92. The van der Waals surface area contributed by atoms with Gasteiger partial charge in [-0.05, 0) is 45.5 Å². The molecule has 0 spiro atoms. The van der Waals surface area contributed by atoms with Crippen LogP contribution in [0.2, 0.25) is 0 Å². The van der Waals surface area contributed by atoms with E-state index in [-0.39, 0.29) is 11.9 Å². The Morgan fingerprint density at radius 1 is 1.38 bits per heavy atom. The number of piperidine rings is 1. The molecule has 0 aliphatic carbocycles. The highest BCUT2D eigenvalue weighted by Gasteiger charge is 2.25. The van der Waals surface area contributed by atoms with Crippen LogP contribution in [0, 0.1) is 5.82 Å². The van der Waals surface area contributed by atoms with Crippen molar-refractivity contribution in [2.45, 2.75) is 38.8 Å². The van der Waals surface area contributed by atoms with Gasteiger partial charge in [0.15, 0.2) is 0 Å². The van der Waals surface area contributed by atoms with Crippen LogP contribution in [0.5, 0.6) is 0 Å². The predicted molar refractivity (Wildman–Crippen MR) is 87.4 cm³/mol. The minimum atomic E-state index is -0.118. The Morgan fingerprint density at radius 3 is 2.62 bits per heavy atom. The summed E-state index contributed by atoms with van der Waals surface area (Å²) >= 11 is 0. The van der Waals surface area contributed by atoms with Crippen molar-refractivity contribution in [3.05, 3.63) is 29.6 Å². The summed E-state index contributed by atoms with van der Waals surface area (Å²) in [7, 11) is 3.98. The number of benzene rings is 1. The van der Waals surface area contributed by atoms with Gasteiger partial charge in [-0.3, -0.25) is 0 Å². The van der Waals surface area contributed by atoms with Crippen molar-refractivity contribution in [2.75, 3.05) is 38.6 Å². The Balaban J connectivity index is 2.19. The van der Waals surface area contributed by atoms with E-state index < -0.39 is 0 Å². The van der Waals surface area contributed by atoms with Gasteiger partial charge in [-0.2, -0.15) is 0 Å². The highest BCUT2D eigenvalue weighted by atomic mass is 19.1. The van der Waals surface area contributed by atoms with Gasteiger partial charge in [-0.25, -0.2) is 4.39 Å². The number of halogens is 1. The summed E-state index contributed by atoms with van der Waals surface area (Å²) in [5.74, 6) is -0.118. The quantitative estimate of drug-likeness (QED) is 0.900. The lowest BCUT2D eigenvalue weighted by molar-refractivity contribution is 0.220. The molecule has 0 radical (unpaired) electrons. The van der Waals surface area contributed by atoms with Crippen LogP contribution >= 0.6 is 0 Å². The fourth-order valence-corrected chi connectivity index (χ4v) is 3.23. The molecule has 1 heterocycles. The average molecular weight is 293 g/mol. The third kappa shape index (κ3) is 3.55. The van der Waals surface area contributed by atoms with Gasteiger partial charge in [-0.1, -0.05) is 13.0 Å². The SMILES string of the molecule is CCN1CCC(N(C)c2cccc(F)c2C(C)NC)CC1. The molecule has 1 atom stereocenters. The van der Waals surface area contributed by atoms with E-state index in [1.807, 2.05) is 26.1 Å². The minimum absolute atomic E-state index is 0.0133. The van der Waals surface area contributed by atoms with E-state index in [4.69, 9.17) is 0 Å². The monoisotopic (exact) mass is 293 g/mol. The lowest BCUT2D eigenvalue weighted by atomic mass is 9.99. The Bertz CT molecular complexity index is 455. The molecule has 1 unspecified atom stereocenters. The molecule has 21 heavy (non-hydrogen) atoms. The third-order valence-electron chi connectivity index (χ3n) is 4.83. The van der Waals surface area contributed by atoms with Gasteiger partial charge in [-0.15, -0.1) is 0 Å². The molecular formula is C17H28FN3. The normalized spacial score (nSPS) is 18.7. The Kier molecular flexibility index (Phi) is 5.59. The zero-order chi connectivity index (χ0) is 15.4. The van der Waals surface area contributed by atoms with Crippen LogP contribution in [-0.4, -0.2) is 44.7 Å². The van der Waals surface area contributed by atoms with Gasteiger partial charge in [0, 0.05) is 43.5 Å². The van der Waals surface area contributed by atoms with E-state index in [2.05, 4.69) is 29.1 Å². The van der Waals surface area contributed by atoms with Crippen molar-refractivity contribution in [1.82, 2.24) is 10.2 Å². The number of hydrogen-bond acceptors (Lipinski definition) is 3. The molecular weight excluding hydrogens is 265 g/mol. The van der Waals surface area contributed by atoms with Gasteiger partial charge < -0.3 is 15.1 Å². The first-order chi connectivity index (χ1) is 10.1. The van der Waals surface area contributed by atoms with Crippen LogP contribution in [0.15, 0.2) is 18.2 Å². The van der Waals surface area contributed by atoms with E-state index in [9.17, 15) is 4.39 Å². The summed E-state index contributed by atoms with van der Waals surface area (Å²) in [5, 5.41) is 3.16. The maximum Gasteiger partial charge on any atom is 0.130 e. The predicted octanol–water partition coefficient (Wildman–Crippen LogP) is 3.03. The lowest BCUT2D eigenvalue weighted by Gasteiger charge is -2.38. The van der Waals surface area contributed by atoms with Gasteiger partial charge in [0.2, 0.25) is 0 Å². The van der Waals surface area contributed by atoms with Crippen molar-refractivity contribution in [3.8, 4) is 0 Å². The largest absolute Gasteiger partial charge is 0.371 e. The molecule has 1 N–H and O–H groups in total. The molecule has 1 aromatic carbocycles. The van der Waals surface area contributed by atoms with Crippen LogP contribution < -0.4 is 10.2 Å². The molecule has 4 heteroatoms. The van der Waals surface area contributed by atoms with Crippen molar-refractivity contribution in [3.63, 3.8) is 0 Å². The van der Waals surface area contributed by atoms with Gasteiger partial charge in [0.25, 0.3) is 0 Å². The summed E-state index contributed by atoms with van der Waals surface area (Å²) < 4.78 is 14.3. The average Bonchev–Trinajstić information content (AvgIpc) is 2.53. The fourth-order valence-electron chi connectivity index (χ4n) is 3.23. The molecule has 0 bridgehead atoms. The van der Waals surface area contributed by atoms with Crippen LogP contribution in [0.25, 0.3) is 0 Å². The van der Waals surface area contributed by atoms with Crippen molar-refractivity contribution in [1.29, 1.82) is 0 Å². The number of anilines is 1. The highest BCUT2D eigenvalue weighted by Crippen LogP contribution is 2.31. The molecule has 3 nitrogen and oxygen atoms in total. The van der Waals surface area contributed by atoms with Crippen molar-refractivity contribution >= 4 is 5.69 Å². The molecule has 0 saturated carbocycles. The van der Waals surface area contributed by atoms with E-state index >= 15 is 0 Å². The molecule has 2 rings (SSSR count). The molecule has 1 aromatic rings. The first kappa shape index (κ1) is 16.2. The van der Waals surface area contributed by atoms with Crippen molar-refractivity contribution < 1.29 is 4.39 Å². The van der Waals surface area contributed by atoms with E-state index in [0.29, 0.717) is 6.04 Å². The Morgan fingerprint density at radius 2 is 2.05 bits per heavy atom. The van der Waals surface area contributed by atoms with Crippen LogP contribution in [-0.2, 0) is 0 Å². The number of hydrogen-bond donors (Lipinski definition) is 1. The standard InChI is InChI=1S/C17H28FN3/c1-5-21-11-9-14(10-12-21)20(4)16-8-6-7-15(18)17(16)13(2)19-3/h6-8,13-14,19H,5,9-12H2,1-4H3. The molecule has 1 saturated heterocycles. The van der Waals surface area contributed by atoms with Crippen LogP contribution in [0.4, 0.5) is 10.1 Å². The molecule has 1 aliphatic rings. The maximum atomic E-state index is 14.3. The molecule has 118 valence electrons. The first-order valence-corrected chi connectivity index (χ1v) is 7.99. The number of likely N-dealkylation sites (tertiary alicyclic amines) is 1. The number of nitrogens with zero attached hydrogens (tertiary/aromatic N) is 2. The molecule has 0 aromatic heterocycles. The minimum Gasteiger partial charge on any atom is -0.371 e. The first-order valence-electron chi connectivity index (χ1n) is 7.99. The summed E-state index contributed by atoms with van der Waals surface area (Å²) in [5.41, 5.74) is 1.80. The second kappa shape index (κ2) is 7.23. The van der Waals surface area contributed by atoms with Crippen LogP contribution in [0.1, 0.15) is 38.3 Å². The van der Waals surface area contributed by atoms with Gasteiger partial charge in [0.1, 0.15) is 5.82 Å². The van der Waals surface area contributed by atoms with Crippen molar-refractivity contribution in [2.24, 2.45) is 0 Å². The topological polar surface area (TPSA) is 18.5 Å². The second-order valence-corrected chi connectivity index (χ2v) is 5.96. The molecule has 1 aliphatic heterocycles. The van der Waals surface area contributed by atoms with Gasteiger partial charge in [0.05, 0.1) is 0 Å². The van der Waals surface area contributed by atoms with E-state index in [0.717, 1.165) is 43.7 Å². The highest BCUT2D eigenvalue weighted by molar-refractivity contribution is 5.55. The van der Waals surface area contributed by atoms with Gasteiger partial charge >= 0.3 is 0 Å². The maximum absolute atomic E-state index is 14.3. The summed E-state index contributed by atoms with van der Waals surface area (Å²) in [4.78, 5) is 4.76. The lowest BCUT2D eigenvalue weighted by Crippen LogP contribution is -2.43. The number of nitrogens with one attached hydrogen (secondary N) is 1.